The number of carbonyl (C=O) groups excluding carboxylic acids is 1. The number of H-pyrrole nitrogens is 1. The Morgan fingerprint density at radius 1 is 1.21 bits per heavy atom. The highest BCUT2D eigenvalue weighted by Gasteiger charge is 2.38. The second kappa shape index (κ2) is 10.9. The van der Waals surface area contributed by atoms with Gasteiger partial charge in [0.15, 0.2) is 0 Å². The molecule has 220 valence electrons. The van der Waals surface area contributed by atoms with Crippen molar-refractivity contribution >= 4 is 28.7 Å². The maximum atomic E-state index is 15.1. The number of likely N-dealkylation sites (tertiary alicyclic amines) is 1. The molecule has 4 atom stereocenters. The van der Waals surface area contributed by atoms with Crippen molar-refractivity contribution in [1.82, 2.24) is 25.4 Å². The number of thiophene rings is 1. The molecule has 10 heteroatoms. The van der Waals surface area contributed by atoms with Crippen molar-refractivity contribution in [3.8, 4) is 0 Å². The lowest BCUT2D eigenvalue weighted by Gasteiger charge is -2.24. The third kappa shape index (κ3) is 5.33. The zero-order chi connectivity index (χ0) is 29.8. The summed E-state index contributed by atoms with van der Waals surface area (Å²) in [7, 11) is 2.12. The fourth-order valence-corrected chi connectivity index (χ4v) is 7.75. The predicted octanol–water partition coefficient (Wildman–Crippen LogP) is 6.32. The number of halogens is 1. The van der Waals surface area contributed by atoms with E-state index in [1.165, 1.54) is 34.3 Å². The number of fused-ring (bicyclic) bond motifs is 1. The first-order valence-electron chi connectivity index (χ1n) is 14.6. The van der Waals surface area contributed by atoms with Crippen LogP contribution in [0.15, 0.2) is 58.9 Å². The molecule has 1 amide bonds. The topological polar surface area (TPSA) is 103 Å². The molecule has 0 spiro atoms. The van der Waals surface area contributed by atoms with Crippen LogP contribution in [0, 0.1) is 11.3 Å². The van der Waals surface area contributed by atoms with Crippen LogP contribution in [0.3, 0.4) is 0 Å². The molecule has 8 nitrogen and oxygen atoms in total. The van der Waals surface area contributed by atoms with E-state index in [9.17, 15) is 9.59 Å². The number of carbonyl (C=O) groups is 1. The SMILES string of the molecule is CC1C=C(F)C(NC(=O)c2cc3c(s2)CC(C)(C)[C@@H]3C)=CC1c1cc(Nc2ccc([C@H]3CCCN3C)cn2)c(=O)[nH]n1. The molecule has 0 saturated carbocycles. The molecule has 1 fully saturated rings. The number of amides is 1. The van der Waals surface area contributed by atoms with Crippen molar-refractivity contribution in [3.05, 3.63) is 91.1 Å². The maximum absolute atomic E-state index is 15.1. The highest BCUT2D eigenvalue weighted by atomic mass is 32.1. The molecular formula is C32H37FN6O2S. The van der Waals surface area contributed by atoms with Gasteiger partial charge in [0, 0.05) is 23.0 Å². The molecule has 42 heavy (non-hydrogen) atoms. The number of aromatic nitrogens is 3. The van der Waals surface area contributed by atoms with E-state index in [1.807, 2.05) is 31.3 Å². The van der Waals surface area contributed by atoms with Gasteiger partial charge >= 0.3 is 0 Å². The summed E-state index contributed by atoms with van der Waals surface area (Å²) < 4.78 is 15.1. The molecule has 4 heterocycles. The lowest BCUT2D eigenvalue weighted by molar-refractivity contribution is 0.0968. The van der Waals surface area contributed by atoms with Crippen LogP contribution < -0.4 is 16.2 Å². The molecule has 3 N–H and O–H groups in total. The van der Waals surface area contributed by atoms with Crippen LogP contribution in [0.2, 0.25) is 0 Å². The van der Waals surface area contributed by atoms with Crippen molar-refractivity contribution < 1.29 is 9.18 Å². The number of rotatable bonds is 6. The standard InChI is InChI=1S/C32H37FN6O2S/c1-17-11-22(33)24(36-31(41)27-13-21-18(2)32(3,4)15-28(21)42-27)12-20(17)23-14-25(30(40)38-37-23)35-29-9-8-19(16-34-29)26-7-6-10-39(26)5/h8-9,11-14,16-18,20,26H,6-7,10,15H2,1-5H3,(H,36,41)(H,38,40)(H,34,35,37)/t17?,18-,20?,26-/m1/s1. The van der Waals surface area contributed by atoms with E-state index in [-0.39, 0.29) is 34.4 Å². The molecule has 6 rings (SSSR count). The Kier molecular flexibility index (Phi) is 7.39. The molecule has 0 aromatic carbocycles. The Bertz CT molecular complexity index is 1640. The summed E-state index contributed by atoms with van der Waals surface area (Å²) in [5, 5.41) is 12.7. The minimum absolute atomic E-state index is 0.113. The van der Waals surface area contributed by atoms with Crippen LogP contribution >= 0.6 is 11.3 Å². The van der Waals surface area contributed by atoms with E-state index in [0.29, 0.717) is 34.0 Å². The first kappa shape index (κ1) is 28.5. The molecule has 1 saturated heterocycles. The minimum atomic E-state index is -0.481. The lowest BCUT2D eigenvalue weighted by atomic mass is 9.81. The quantitative estimate of drug-likeness (QED) is 0.311. The first-order chi connectivity index (χ1) is 20.0. The van der Waals surface area contributed by atoms with Gasteiger partial charge in [-0.15, -0.1) is 11.3 Å². The number of allylic oxidation sites excluding steroid dienone is 3. The van der Waals surface area contributed by atoms with Crippen LogP contribution in [0.5, 0.6) is 0 Å². The van der Waals surface area contributed by atoms with Gasteiger partial charge in [0.05, 0.1) is 16.3 Å². The van der Waals surface area contributed by atoms with Crippen molar-refractivity contribution in [3.63, 3.8) is 0 Å². The Labute approximate surface area is 249 Å². The van der Waals surface area contributed by atoms with Gasteiger partial charge < -0.3 is 10.6 Å². The second-order valence-electron chi connectivity index (χ2n) is 12.6. The van der Waals surface area contributed by atoms with Gasteiger partial charge in [0.1, 0.15) is 17.3 Å². The molecule has 1 aliphatic heterocycles. The maximum Gasteiger partial charge on any atom is 0.287 e. The molecule has 0 bridgehead atoms. The number of nitrogens with zero attached hydrogens (tertiary/aromatic N) is 3. The summed E-state index contributed by atoms with van der Waals surface area (Å²) >= 11 is 1.49. The second-order valence-corrected chi connectivity index (χ2v) is 13.7. The van der Waals surface area contributed by atoms with Crippen LogP contribution in [0.1, 0.15) is 89.8 Å². The molecule has 2 unspecified atom stereocenters. The van der Waals surface area contributed by atoms with E-state index in [0.717, 1.165) is 24.9 Å². The van der Waals surface area contributed by atoms with E-state index >= 15 is 4.39 Å². The van der Waals surface area contributed by atoms with Crippen molar-refractivity contribution in [2.24, 2.45) is 11.3 Å². The molecule has 3 aliphatic rings. The summed E-state index contributed by atoms with van der Waals surface area (Å²) in [6.45, 7) is 9.64. The Hall–Kier alpha value is -3.63. The summed E-state index contributed by atoms with van der Waals surface area (Å²) in [5.74, 6) is -0.500. The minimum Gasteiger partial charge on any atom is -0.336 e. The largest absolute Gasteiger partial charge is 0.336 e. The Balaban J connectivity index is 1.20. The van der Waals surface area contributed by atoms with Crippen LogP contribution in [0.25, 0.3) is 0 Å². The van der Waals surface area contributed by atoms with Crippen molar-refractivity contribution in [2.75, 3.05) is 18.9 Å². The van der Waals surface area contributed by atoms with Gasteiger partial charge in [-0.25, -0.2) is 14.5 Å². The van der Waals surface area contributed by atoms with E-state index < -0.39 is 5.83 Å². The number of hydrogen-bond donors (Lipinski definition) is 3. The van der Waals surface area contributed by atoms with Gasteiger partial charge in [-0.05, 0) is 91.6 Å². The Morgan fingerprint density at radius 3 is 2.71 bits per heavy atom. The van der Waals surface area contributed by atoms with Crippen LogP contribution in [-0.2, 0) is 6.42 Å². The fourth-order valence-electron chi connectivity index (χ4n) is 6.35. The number of pyridine rings is 1. The third-order valence-corrected chi connectivity index (χ3v) is 10.4. The normalized spacial score (nSPS) is 25.1. The van der Waals surface area contributed by atoms with Crippen molar-refractivity contribution in [2.45, 2.75) is 64.8 Å². The number of hydrogen-bond acceptors (Lipinski definition) is 7. The fraction of sp³-hybridized carbons (Fsp3) is 0.438. The molecule has 3 aromatic rings. The molecular weight excluding hydrogens is 551 g/mol. The lowest BCUT2D eigenvalue weighted by Crippen LogP contribution is -2.26. The third-order valence-electron chi connectivity index (χ3n) is 9.27. The smallest absolute Gasteiger partial charge is 0.287 e. The van der Waals surface area contributed by atoms with Gasteiger partial charge in [-0.2, -0.15) is 5.10 Å². The van der Waals surface area contributed by atoms with Gasteiger partial charge in [0.2, 0.25) is 0 Å². The highest BCUT2D eigenvalue weighted by molar-refractivity contribution is 7.14. The van der Waals surface area contributed by atoms with Gasteiger partial charge in [-0.1, -0.05) is 33.8 Å². The zero-order valence-corrected chi connectivity index (χ0v) is 25.4. The summed E-state index contributed by atoms with van der Waals surface area (Å²) in [6, 6.07) is 7.89. The van der Waals surface area contributed by atoms with Crippen molar-refractivity contribution in [1.29, 1.82) is 0 Å². The first-order valence-corrected chi connectivity index (χ1v) is 15.4. The highest BCUT2D eigenvalue weighted by Crippen LogP contribution is 2.49. The summed E-state index contributed by atoms with van der Waals surface area (Å²) in [4.78, 5) is 34.5. The van der Waals surface area contributed by atoms with E-state index in [2.05, 4.69) is 58.5 Å². The Morgan fingerprint density at radius 2 is 2.02 bits per heavy atom. The van der Waals surface area contributed by atoms with Gasteiger partial charge in [0.25, 0.3) is 11.5 Å². The number of nitrogens with one attached hydrogen (secondary N) is 3. The predicted molar refractivity (Wildman–Crippen MR) is 164 cm³/mol. The average molecular weight is 589 g/mol. The molecule has 2 aliphatic carbocycles. The molecule has 0 radical (unpaired) electrons. The number of aromatic amines is 1. The van der Waals surface area contributed by atoms with E-state index in [4.69, 9.17) is 0 Å². The average Bonchev–Trinajstić information content (AvgIpc) is 3.62. The molecule has 3 aromatic heterocycles. The monoisotopic (exact) mass is 588 g/mol. The number of anilines is 2. The zero-order valence-electron chi connectivity index (χ0n) is 24.6. The summed E-state index contributed by atoms with van der Waals surface area (Å²) in [6.07, 6.45) is 8.23. The van der Waals surface area contributed by atoms with Gasteiger partial charge in [-0.3, -0.25) is 14.5 Å². The van der Waals surface area contributed by atoms with E-state index in [1.54, 1.807) is 12.1 Å². The summed E-state index contributed by atoms with van der Waals surface area (Å²) in [5.41, 5.74) is 3.11. The van der Waals surface area contributed by atoms with Crippen LogP contribution in [0.4, 0.5) is 15.9 Å². The van der Waals surface area contributed by atoms with Crippen LogP contribution in [-0.4, -0.2) is 39.6 Å².